The van der Waals surface area contributed by atoms with Gasteiger partial charge in [0.15, 0.2) is 0 Å². The summed E-state index contributed by atoms with van der Waals surface area (Å²) >= 11 is 0. The van der Waals surface area contributed by atoms with E-state index in [0.717, 1.165) is 89.9 Å². The van der Waals surface area contributed by atoms with Crippen molar-refractivity contribution >= 4 is 5.91 Å². The highest BCUT2D eigenvalue weighted by atomic mass is 16.3. The van der Waals surface area contributed by atoms with Crippen LogP contribution in [0.5, 0.6) is 0 Å². The predicted molar refractivity (Wildman–Crippen MR) is 216 cm³/mol. The fourth-order valence-electron chi connectivity index (χ4n) is 4.99. The van der Waals surface area contributed by atoms with Gasteiger partial charge in [0.05, 0.1) is 18.8 Å². The van der Waals surface area contributed by atoms with Crippen LogP contribution in [0.2, 0.25) is 0 Å². The van der Waals surface area contributed by atoms with Crippen LogP contribution in [0.15, 0.2) is 109 Å². The second-order valence-corrected chi connectivity index (χ2v) is 12.6. The van der Waals surface area contributed by atoms with Crippen LogP contribution in [0, 0.1) is 0 Å². The number of unbranched alkanes of at least 4 members (excludes halogenated alkanes) is 10. The van der Waals surface area contributed by atoms with Gasteiger partial charge in [-0.15, -0.1) is 0 Å². The molecule has 0 saturated carbocycles. The quantitative estimate of drug-likeness (QED) is 0.0479. The highest BCUT2D eigenvalue weighted by molar-refractivity contribution is 5.76. The Morgan fingerprint density at radius 3 is 1.43 bits per heavy atom. The van der Waals surface area contributed by atoms with Crippen LogP contribution in [0.1, 0.15) is 149 Å². The van der Waals surface area contributed by atoms with E-state index < -0.39 is 12.1 Å². The Morgan fingerprint density at radius 2 is 0.918 bits per heavy atom. The molecule has 0 aliphatic heterocycles. The number of aliphatic hydroxyl groups is 2. The molecular weight excluding hydrogens is 602 g/mol. The van der Waals surface area contributed by atoms with Crippen LogP contribution >= 0.6 is 0 Å². The lowest BCUT2D eigenvalue weighted by molar-refractivity contribution is -0.123. The van der Waals surface area contributed by atoms with Crippen LogP contribution in [0.25, 0.3) is 0 Å². The molecule has 49 heavy (non-hydrogen) atoms. The highest BCUT2D eigenvalue weighted by Crippen LogP contribution is 2.09. The van der Waals surface area contributed by atoms with Gasteiger partial charge in [0, 0.05) is 6.42 Å². The number of carbonyl (C=O) groups excluding carboxylic acids is 1. The summed E-state index contributed by atoms with van der Waals surface area (Å²) in [5.41, 5.74) is 0. The lowest BCUT2D eigenvalue weighted by Crippen LogP contribution is -2.45. The zero-order chi connectivity index (χ0) is 35.7. The van der Waals surface area contributed by atoms with Gasteiger partial charge in [-0.1, -0.05) is 162 Å². The molecule has 0 aromatic carbocycles. The lowest BCUT2D eigenvalue weighted by atomic mass is 10.1. The molecule has 1 amide bonds. The van der Waals surface area contributed by atoms with E-state index in [0.29, 0.717) is 6.42 Å². The van der Waals surface area contributed by atoms with Crippen LogP contribution in [-0.4, -0.2) is 34.9 Å². The molecule has 0 aliphatic carbocycles. The minimum atomic E-state index is -0.882. The molecule has 0 bridgehead atoms. The largest absolute Gasteiger partial charge is 0.394 e. The number of hydrogen-bond acceptors (Lipinski definition) is 3. The zero-order valence-corrected chi connectivity index (χ0v) is 31.4. The van der Waals surface area contributed by atoms with Gasteiger partial charge in [-0.05, 0) is 89.9 Å². The minimum absolute atomic E-state index is 0.114. The SMILES string of the molecule is CC/C=C\C/C=C\C/C=C\C/C=C\C/C=C\C/C=C\C/C=C\CCCCCC(=O)NC(CO)C(O)/C=C/CC/C=C/CCCCCCCC. The number of aliphatic hydroxyl groups excluding tert-OH is 2. The summed E-state index contributed by atoms with van der Waals surface area (Å²) in [5, 5.41) is 22.8. The smallest absolute Gasteiger partial charge is 0.220 e. The molecule has 4 heteroatoms. The maximum atomic E-state index is 12.3. The Bertz CT molecular complexity index is 995. The topological polar surface area (TPSA) is 69.6 Å². The predicted octanol–water partition coefficient (Wildman–Crippen LogP) is 12.1. The summed E-state index contributed by atoms with van der Waals surface area (Å²) in [6.07, 6.45) is 60.3. The van der Waals surface area contributed by atoms with Crippen molar-refractivity contribution in [2.75, 3.05) is 6.61 Å². The Hall–Kier alpha value is -2.95. The first-order valence-electron chi connectivity index (χ1n) is 19.6. The van der Waals surface area contributed by atoms with Gasteiger partial charge in [0.1, 0.15) is 0 Å². The van der Waals surface area contributed by atoms with Crippen LogP contribution in [-0.2, 0) is 4.79 Å². The van der Waals surface area contributed by atoms with Gasteiger partial charge in [-0.3, -0.25) is 4.79 Å². The Morgan fingerprint density at radius 1 is 0.510 bits per heavy atom. The first-order valence-corrected chi connectivity index (χ1v) is 19.6. The van der Waals surface area contributed by atoms with Crippen LogP contribution < -0.4 is 5.32 Å². The Kier molecular flexibility index (Phi) is 37.1. The number of amides is 1. The van der Waals surface area contributed by atoms with Crippen molar-refractivity contribution in [1.82, 2.24) is 5.32 Å². The van der Waals surface area contributed by atoms with Crippen molar-refractivity contribution < 1.29 is 15.0 Å². The number of hydrogen-bond donors (Lipinski definition) is 3. The van der Waals surface area contributed by atoms with E-state index >= 15 is 0 Å². The normalized spacial score (nSPS) is 14.3. The van der Waals surface area contributed by atoms with Gasteiger partial charge in [0.25, 0.3) is 0 Å². The maximum Gasteiger partial charge on any atom is 0.220 e. The molecule has 0 saturated heterocycles. The first kappa shape index (κ1) is 46.0. The van der Waals surface area contributed by atoms with Gasteiger partial charge in [-0.25, -0.2) is 0 Å². The van der Waals surface area contributed by atoms with Crippen molar-refractivity contribution in [3.05, 3.63) is 109 Å². The molecule has 0 aromatic heterocycles. The van der Waals surface area contributed by atoms with Crippen molar-refractivity contribution in [2.45, 2.75) is 161 Å². The van der Waals surface area contributed by atoms with Gasteiger partial charge in [0.2, 0.25) is 5.91 Å². The summed E-state index contributed by atoms with van der Waals surface area (Å²) < 4.78 is 0. The molecule has 0 aromatic rings. The maximum absolute atomic E-state index is 12.3. The van der Waals surface area contributed by atoms with E-state index in [-0.39, 0.29) is 12.5 Å². The molecule has 4 nitrogen and oxygen atoms in total. The highest BCUT2D eigenvalue weighted by Gasteiger charge is 2.17. The lowest BCUT2D eigenvalue weighted by Gasteiger charge is -2.19. The number of nitrogens with one attached hydrogen (secondary N) is 1. The third-order valence-corrected chi connectivity index (χ3v) is 7.99. The van der Waals surface area contributed by atoms with Crippen molar-refractivity contribution in [3.8, 4) is 0 Å². The fourth-order valence-corrected chi connectivity index (χ4v) is 4.99. The molecule has 2 unspecified atom stereocenters. The summed E-state index contributed by atoms with van der Waals surface area (Å²) in [7, 11) is 0. The summed E-state index contributed by atoms with van der Waals surface area (Å²) in [6, 6.07) is -0.663. The van der Waals surface area contributed by atoms with Crippen LogP contribution in [0.3, 0.4) is 0 Å². The number of rotatable bonds is 33. The minimum Gasteiger partial charge on any atom is -0.394 e. The van der Waals surface area contributed by atoms with E-state index in [9.17, 15) is 15.0 Å². The molecular formula is C45H73NO3. The Balaban J connectivity index is 3.80. The fraction of sp³-hybridized carbons (Fsp3) is 0.578. The zero-order valence-electron chi connectivity index (χ0n) is 31.4. The average molecular weight is 676 g/mol. The number of allylic oxidation sites excluding steroid dienone is 17. The molecule has 2 atom stereocenters. The van der Waals surface area contributed by atoms with E-state index in [2.05, 4.69) is 116 Å². The second-order valence-electron chi connectivity index (χ2n) is 12.6. The van der Waals surface area contributed by atoms with E-state index in [4.69, 9.17) is 0 Å². The molecule has 0 spiro atoms. The molecule has 276 valence electrons. The van der Waals surface area contributed by atoms with E-state index in [1.807, 2.05) is 6.08 Å². The van der Waals surface area contributed by atoms with Crippen molar-refractivity contribution in [3.63, 3.8) is 0 Å². The van der Waals surface area contributed by atoms with Crippen molar-refractivity contribution in [1.29, 1.82) is 0 Å². The summed E-state index contributed by atoms with van der Waals surface area (Å²) in [6.45, 7) is 4.12. The van der Waals surface area contributed by atoms with E-state index in [1.54, 1.807) is 6.08 Å². The van der Waals surface area contributed by atoms with Gasteiger partial charge < -0.3 is 15.5 Å². The van der Waals surface area contributed by atoms with Crippen LogP contribution in [0.4, 0.5) is 0 Å². The molecule has 0 heterocycles. The standard InChI is InChI=1S/C45H73NO3/c1-3-5-7-9-11-13-15-17-18-19-20-21-22-23-24-25-26-27-28-29-31-33-35-37-39-41-45(49)46-43(42-47)44(48)40-38-36-34-32-30-16-14-12-10-8-6-4-2/h5,7,11,13,17-18,20-21,23-24,26-27,29-32,38,40,43-44,47-48H,3-4,6,8-10,12,14-16,19,22,25,28,33-37,39,41-42H2,1-2H3,(H,46,49)/b7-5-,13-11-,18-17-,21-20-,24-23-,27-26-,31-29-,32-30+,40-38+. The molecule has 0 aliphatic rings. The van der Waals surface area contributed by atoms with Gasteiger partial charge >= 0.3 is 0 Å². The summed E-state index contributed by atoms with van der Waals surface area (Å²) in [5.74, 6) is -0.114. The molecule has 3 N–H and O–H groups in total. The molecule has 0 fully saturated rings. The monoisotopic (exact) mass is 676 g/mol. The summed E-state index contributed by atoms with van der Waals surface area (Å²) in [4.78, 5) is 12.3. The number of carbonyl (C=O) groups is 1. The van der Waals surface area contributed by atoms with Crippen molar-refractivity contribution in [2.24, 2.45) is 0 Å². The van der Waals surface area contributed by atoms with E-state index in [1.165, 1.54) is 38.5 Å². The second kappa shape index (κ2) is 39.5. The average Bonchev–Trinajstić information content (AvgIpc) is 3.10. The third kappa shape index (κ3) is 36.2. The van der Waals surface area contributed by atoms with Gasteiger partial charge in [-0.2, -0.15) is 0 Å². The Labute approximate surface area is 302 Å². The molecule has 0 rings (SSSR count). The third-order valence-electron chi connectivity index (χ3n) is 7.99. The molecule has 0 radical (unpaired) electrons. The first-order chi connectivity index (χ1) is 24.2.